The van der Waals surface area contributed by atoms with Crippen LogP contribution >= 0.6 is 0 Å². The van der Waals surface area contributed by atoms with Gasteiger partial charge in [0.1, 0.15) is 0 Å². The Hall–Kier alpha value is -1.98. The van der Waals surface area contributed by atoms with Crippen molar-refractivity contribution >= 4 is 16.8 Å². The fourth-order valence-corrected chi connectivity index (χ4v) is 3.35. The smallest absolute Gasteiger partial charge is 0.253 e. The van der Waals surface area contributed by atoms with Crippen molar-refractivity contribution in [3.05, 3.63) is 42.1 Å². The molecule has 1 saturated heterocycles. The van der Waals surface area contributed by atoms with Gasteiger partial charge in [0.25, 0.3) is 5.91 Å². The number of likely N-dealkylation sites (N-methyl/N-ethyl adjacent to an activating group) is 1. The molecule has 2 heterocycles. The fraction of sp³-hybridized carbons (Fsp3) is 0.444. The molecule has 1 N–H and O–H groups in total. The SMILES string of the molecule is CN(C)[C@@H]1CN(C(=O)c2ccc3ncccc3c2)CC[C@@H]1CO. The summed E-state index contributed by atoms with van der Waals surface area (Å²) < 4.78 is 0. The summed E-state index contributed by atoms with van der Waals surface area (Å²) in [6.07, 6.45) is 2.59. The first-order valence-electron chi connectivity index (χ1n) is 8.01. The maximum Gasteiger partial charge on any atom is 0.253 e. The highest BCUT2D eigenvalue weighted by Crippen LogP contribution is 2.23. The van der Waals surface area contributed by atoms with Crippen LogP contribution in [0.4, 0.5) is 0 Å². The van der Waals surface area contributed by atoms with E-state index in [4.69, 9.17) is 0 Å². The molecule has 2 aromatic rings. The number of aliphatic hydroxyl groups excluding tert-OH is 1. The monoisotopic (exact) mass is 313 g/mol. The van der Waals surface area contributed by atoms with E-state index in [0.29, 0.717) is 18.7 Å². The number of amides is 1. The van der Waals surface area contributed by atoms with Crippen LogP contribution in [-0.4, -0.2) is 65.6 Å². The zero-order valence-corrected chi connectivity index (χ0v) is 13.6. The number of nitrogens with zero attached hydrogens (tertiary/aromatic N) is 3. The number of hydrogen-bond acceptors (Lipinski definition) is 4. The summed E-state index contributed by atoms with van der Waals surface area (Å²) in [4.78, 5) is 21.1. The molecule has 1 aliphatic rings. The van der Waals surface area contributed by atoms with Crippen LogP contribution < -0.4 is 0 Å². The maximum atomic E-state index is 12.8. The molecule has 1 fully saturated rings. The Morgan fingerprint density at radius 1 is 1.39 bits per heavy atom. The molecule has 3 rings (SSSR count). The van der Waals surface area contributed by atoms with Crippen molar-refractivity contribution in [3.8, 4) is 0 Å². The molecule has 1 aromatic carbocycles. The van der Waals surface area contributed by atoms with Crippen LogP contribution in [0.25, 0.3) is 10.9 Å². The molecule has 0 saturated carbocycles. The van der Waals surface area contributed by atoms with Crippen molar-refractivity contribution in [2.45, 2.75) is 12.5 Å². The zero-order chi connectivity index (χ0) is 16.4. The largest absolute Gasteiger partial charge is 0.396 e. The summed E-state index contributed by atoms with van der Waals surface area (Å²) in [7, 11) is 4.01. The highest BCUT2D eigenvalue weighted by molar-refractivity contribution is 5.98. The minimum Gasteiger partial charge on any atom is -0.396 e. The average molecular weight is 313 g/mol. The molecular formula is C18H23N3O2. The van der Waals surface area contributed by atoms with E-state index >= 15 is 0 Å². The molecule has 1 aromatic heterocycles. The standard InChI is InChI=1S/C18H23N3O2/c1-20(2)17-11-21(9-7-15(17)12-22)18(23)14-5-6-16-13(10-14)4-3-8-19-16/h3-6,8,10,15,17,22H,7,9,11-12H2,1-2H3/t15-,17-/m1/s1. The molecule has 5 heteroatoms. The summed E-state index contributed by atoms with van der Waals surface area (Å²) in [5, 5.41) is 10.5. The summed E-state index contributed by atoms with van der Waals surface area (Å²) in [6.45, 7) is 1.52. The van der Waals surface area contributed by atoms with Crippen LogP contribution in [0.3, 0.4) is 0 Å². The predicted molar refractivity (Wildman–Crippen MR) is 90.3 cm³/mol. The third-order valence-corrected chi connectivity index (χ3v) is 4.76. The Kier molecular flexibility index (Phi) is 4.59. The number of benzene rings is 1. The number of rotatable bonds is 3. The van der Waals surface area contributed by atoms with Crippen LogP contribution in [0.5, 0.6) is 0 Å². The third-order valence-electron chi connectivity index (χ3n) is 4.76. The lowest BCUT2D eigenvalue weighted by Crippen LogP contribution is -2.53. The molecule has 0 unspecified atom stereocenters. The topological polar surface area (TPSA) is 56.7 Å². The summed E-state index contributed by atoms with van der Waals surface area (Å²) in [6, 6.07) is 9.70. The lowest BCUT2D eigenvalue weighted by molar-refractivity contribution is 0.0379. The number of carbonyl (C=O) groups excluding carboxylic acids is 1. The van der Waals surface area contributed by atoms with E-state index in [0.717, 1.165) is 17.3 Å². The lowest BCUT2D eigenvalue weighted by Gasteiger charge is -2.41. The van der Waals surface area contributed by atoms with Crippen LogP contribution in [0.2, 0.25) is 0 Å². The molecule has 122 valence electrons. The van der Waals surface area contributed by atoms with E-state index in [-0.39, 0.29) is 24.5 Å². The number of aromatic nitrogens is 1. The number of piperidine rings is 1. The van der Waals surface area contributed by atoms with Gasteiger partial charge in [-0.1, -0.05) is 6.07 Å². The number of aliphatic hydroxyl groups is 1. The fourth-order valence-electron chi connectivity index (χ4n) is 3.35. The van der Waals surface area contributed by atoms with E-state index in [9.17, 15) is 9.90 Å². The zero-order valence-electron chi connectivity index (χ0n) is 13.6. The van der Waals surface area contributed by atoms with Crippen LogP contribution in [0.15, 0.2) is 36.5 Å². The molecule has 1 aliphatic heterocycles. The minimum atomic E-state index is 0.0546. The van der Waals surface area contributed by atoms with Gasteiger partial charge in [0.05, 0.1) is 5.52 Å². The Balaban J connectivity index is 1.81. The highest BCUT2D eigenvalue weighted by Gasteiger charge is 2.32. The quantitative estimate of drug-likeness (QED) is 0.935. The van der Waals surface area contributed by atoms with Crippen LogP contribution in [-0.2, 0) is 0 Å². The second-order valence-electron chi connectivity index (χ2n) is 6.42. The Morgan fingerprint density at radius 3 is 2.96 bits per heavy atom. The number of fused-ring (bicyclic) bond motifs is 1. The highest BCUT2D eigenvalue weighted by atomic mass is 16.3. The molecule has 0 aliphatic carbocycles. The van der Waals surface area contributed by atoms with Crippen LogP contribution in [0, 0.1) is 5.92 Å². The number of likely N-dealkylation sites (tertiary alicyclic amines) is 1. The molecule has 2 atom stereocenters. The van der Waals surface area contributed by atoms with Crippen molar-refractivity contribution in [1.82, 2.24) is 14.8 Å². The van der Waals surface area contributed by atoms with Gasteiger partial charge < -0.3 is 14.9 Å². The van der Waals surface area contributed by atoms with Crippen molar-refractivity contribution in [1.29, 1.82) is 0 Å². The second-order valence-corrected chi connectivity index (χ2v) is 6.42. The molecule has 5 nitrogen and oxygen atoms in total. The molecule has 0 bridgehead atoms. The van der Waals surface area contributed by atoms with Gasteiger partial charge in [-0.15, -0.1) is 0 Å². The van der Waals surface area contributed by atoms with Gasteiger partial charge in [-0.2, -0.15) is 0 Å². The van der Waals surface area contributed by atoms with E-state index in [1.165, 1.54) is 0 Å². The van der Waals surface area contributed by atoms with Crippen LogP contribution in [0.1, 0.15) is 16.8 Å². The van der Waals surface area contributed by atoms with Gasteiger partial charge in [-0.3, -0.25) is 9.78 Å². The molecule has 0 radical (unpaired) electrons. The van der Waals surface area contributed by atoms with Crippen molar-refractivity contribution < 1.29 is 9.90 Å². The lowest BCUT2D eigenvalue weighted by atomic mass is 9.91. The van der Waals surface area contributed by atoms with Gasteiger partial charge in [0.2, 0.25) is 0 Å². The van der Waals surface area contributed by atoms with Crippen molar-refractivity contribution in [2.75, 3.05) is 33.8 Å². The summed E-state index contributed by atoms with van der Waals surface area (Å²) in [5.41, 5.74) is 1.60. The Labute approximate surface area is 136 Å². The molecule has 23 heavy (non-hydrogen) atoms. The van der Waals surface area contributed by atoms with Crippen molar-refractivity contribution in [2.24, 2.45) is 5.92 Å². The third kappa shape index (κ3) is 3.21. The Morgan fingerprint density at radius 2 is 2.22 bits per heavy atom. The molecule has 0 spiro atoms. The second kappa shape index (κ2) is 6.64. The van der Waals surface area contributed by atoms with E-state index in [1.807, 2.05) is 49.3 Å². The van der Waals surface area contributed by atoms with Gasteiger partial charge in [-0.25, -0.2) is 0 Å². The first-order chi connectivity index (χ1) is 11.1. The number of hydrogen-bond donors (Lipinski definition) is 1. The van der Waals surface area contributed by atoms with E-state index in [2.05, 4.69) is 9.88 Å². The van der Waals surface area contributed by atoms with Gasteiger partial charge in [-0.05, 0) is 44.8 Å². The van der Waals surface area contributed by atoms with Gasteiger partial charge >= 0.3 is 0 Å². The number of pyridine rings is 1. The van der Waals surface area contributed by atoms with Crippen molar-refractivity contribution in [3.63, 3.8) is 0 Å². The minimum absolute atomic E-state index is 0.0546. The summed E-state index contributed by atoms with van der Waals surface area (Å²) >= 11 is 0. The average Bonchev–Trinajstić information content (AvgIpc) is 2.60. The molecule has 1 amide bonds. The summed E-state index contributed by atoms with van der Waals surface area (Å²) in [5.74, 6) is 0.286. The first-order valence-corrected chi connectivity index (χ1v) is 8.01. The van der Waals surface area contributed by atoms with Gasteiger partial charge in [0, 0.05) is 48.8 Å². The molecular weight excluding hydrogens is 290 g/mol. The van der Waals surface area contributed by atoms with E-state index in [1.54, 1.807) is 6.20 Å². The first kappa shape index (κ1) is 15.9. The normalized spacial score (nSPS) is 21.8. The predicted octanol–water partition coefficient (Wildman–Crippen LogP) is 1.62. The van der Waals surface area contributed by atoms with E-state index < -0.39 is 0 Å². The Bertz CT molecular complexity index is 701. The van der Waals surface area contributed by atoms with Gasteiger partial charge in [0.15, 0.2) is 0 Å². The number of carbonyl (C=O) groups is 1. The maximum absolute atomic E-state index is 12.8.